The predicted octanol–water partition coefficient (Wildman–Crippen LogP) is 2.17. The lowest BCUT2D eigenvalue weighted by Crippen LogP contribution is -1.97. The molecule has 0 amide bonds. The topological polar surface area (TPSA) is 72.5 Å². The van der Waals surface area contributed by atoms with E-state index in [4.69, 9.17) is 5.73 Å². The first-order chi connectivity index (χ1) is 8.70. The molecule has 0 aliphatic rings. The van der Waals surface area contributed by atoms with Gasteiger partial charge in [-0.05, 0) is 19.1 Å². The average Bonchev–Trinajstić information content (AvgIpc) is 2.93. The Bertz CT molecular complexity index is 712. The Kier molecular flexibility index (Phi) is 2.29. The molecule has 18 heavy (non-hydrogen) atoms. The summed E-state index contributed by atoms with van der Waals surface area (Å²) in [7, 11) is 0. The summed E-state index contributed by atoms with van der Waals surface area (Å²) in [6.45, 7) is 2.67. The Morgan fingerprint density at radius 2 is 2.28 bits per heavy atom. The van der Waals surface area contributed by atoms with Crippen molar-refractivity contribution in [2.45, 2.75) is 13.5 Å². The molecule has 0 bridgehead atoms. The van der Waals surface area contributed by atoms with Crippen molar-refractivity contribution in [1.29, 1.82) is 0 Å². The number of benzene rings is 1. The lowest BCUT2D eigenvalue weighted by Gasteiger charge is -2.03. The van der Waals surface area contributed by atoms with Gasteiger partial charge in [0.1, 0.15) is 17.0 Å². The molecule has 0 spiro atoms. The number of anilines is 1. The van der Waals surface area contributed by atoms with Gasteiger partial charge in [0.2, 0.25) is 0 Å². The molecule has 0 unspecified atom stereocenters. The summed E-state index contributed by atoms with van der Waals surface area (Å²) < 4.78 is 15.6. The number of halogens is 1. The smallest absolute Gasteiger partial charge is 0.159 e. The molecule has 3 N–H and O–H groups in total. The zero-order valence-electron chi connectivity index (χ0n) is 9.81. The average molecular weight is 245 g/mol. The first-order valence-electron chi connectivity index (χ1n) is 5.66. The standard InChI is InChI=1S/C12H12FN5/c1-2-18-9-5-3-4-7(13)11(9)15-12(18)8-6-10(14)17-16-8/h3-6H,2H2,1H3,(H3,14,16,17). The van der Waals surface area contributed by atoms with E-state index in [9.17, 15) is 4.39 Å². The maximum Gasteiger partial charge on any atom is 0.159 e. The molecule has 5 nitrogen and oxygen atoms in total. The van der Waals surface area contributed by atoms with Crippen LogP contribution in [-0.4, -0.2) is 19.7 Å². The van der Waals surface area contributed by atoms with Gasteiger partial charge in [-0.25, -0.2) is 9.37 Å². The van der Waals surface area contributed by atoms with Crippen LogP contribution in [0.4, 0.5) is 10.2 Å². The fourth-order valence-corrected chi connectivity index (χ4v) is 2.09. The molecule has 0 atom stereocenters. The Morgan fingerprint density at radius 1 is 1.44 bits per heavy atom. The molecule has 2 aromatic heterocycles. The molecular formula is C12H12FN5. The summed E-state index contributed by atoms with van der Waals surface area (Å²) in [6.07, 6.45) is 0. The van der Waals surface area contributed by atoms with Crippen molar-refractivity contribution in [2.75, 3.05) is 5.73 Å². The summed E-state index contributed by atoms with van der Waals surface area (Å²) in [4.78, 5) is 4.33. The second-order valence-electron chi connectivity index (χ2n) is 3.99. The molecule has 0 radical (unpaired) electrons. The van der Waals surface area contributed by atoms with Gasteiger partial charge in [-0.2, -0.15) is 5.10 Å². The lowest BCUT2D eigenvalue weighted by atomic mass is 10.3. The predicted molar refractivity (Wildman–Crippen MR) is 67.4 cm³/mol. The number of fused-ring (bicyclic) bond motifs is 1. The van der Waals surface area contributed by atoms with Gasteiger partial charge >= 0.3 is 0 Å². The molecule has 0 aliphatic carbocycles. The zero-order valence-corrected chi connectivity index (χ0v) is 9.81. The molecule has 2 heterocycles. The van der Waals surface area contributed by atoms with Crippen molar-refractivity contribution in [1.82, 2.24) is 19.7 Å². The highest BCUT2D eigenvalue weighted by atomic mass is 19.1. The number of hydrogen-bond donors (Lipinski definition) is 2. The molecule has 0 saturated heterocycles. The van der Waals surface area contributed by atoms with Gasteiger partial charge < -0.3 is 10.3 Å². The van der Waals surface area contributed by atoms with Gasteiger partial charge in [0, 0.05) is 12.6 Å². The highest BCUT2D eigenvalue weighted by Gasteiger charge is 2.15. The van der Waals surface area contributed by atoms with Crippen LogP contribution in [0.2, 0.25) is 0 Å². The number of nitrogens with one attached hydrogen (secondary N) is 1. The van der Waals surface area contributed by atoms with Crippen LogP contribution < -0.4 is 5.73 Å². The van der Waals surface area contributed by atoms with E-state index in [0.29, 0.717) is 29.4 Å². The normalized spacial score (nSPS) is 11.2. The molecule has 6 heteroatoms. The summed E-state index contributed by atoms with van der Waals surface area (Å²) in [6, 6.07) is 6.61. The van der Waals surface area contributed by atoms with Crippen molar-refractivity contribution in [3.05, 3.63) is 30.1 Å². The number of imidazole rings is 1. The molecule has 3 aromatic rings. The van der Waals surface area contributed by atoms with Gasteiger partial charge in [-0.3, -0.25) is 5.10 Å². The van der Waals surface area contributed by atoms with Crippen molar-refractivity contribution in [2.24, 2.45) is 0 Å². The van der Waals surface area contributed by atoms with E-state index in [1.54, 1.807) is 12.1 Å². The summed E-state index contributed by atoms with van der Waals surface area (Å²) >= 11 is 0. The highest BCUT2D eigenvalue weighted by Crippen LogP contribution is 2.25. The number of para-hydroxylation sites is 1. The van der Waals surface area contributed by atoms with Crippen molar-refractivity contribution < 1.29 is 4.39 Å². The largest absolute Gasteiger partial charge is 0.382 e. The van der Waals surface area contributed by atoms with Gasteiger partial charge in [0.15, 0.2) is 11.6 Å². The fourth-order valence-electron chi connectivity index (χ4n) is 2.09. The van der Waals surface area contributed by atoms with Crippen LogP contribution in [0.15, 0.2) is 24.3 Å². The summed E-state index contributed by atoms with van der Waals surface area (Å²) in [5.74, 6) is 0.704. The summed E-state index contributed by atoms with van der Waals surface area (Å²) in [5.41, 5.74) is 7.39. The number of aromatic nitrogens is 4. The Morgan fingerprint density at radius 3 is 2.94 bits per heavy atom. The Hall–Kier alpha value is -2.37. The van der Waals surface area contributed by atoms with Crippen molar-refractivity contribution in [3.63, 3.8) is 0 Å². The SMILES string of the molecule is CCn1c(-c2cc(N)n[nH]2)nc2c(F)cccc21. The van der Waals surface area contributed by atoms with E-state index in [1.165, 1.54) is 6.07 Å². The van der Waals surface area contributed by atoms with Crippen LogP contribution in [0.25, 0.3) is 22.6 Å². The molecular weight excluding hydrogens is 233 g/mol. The zero-order chi connectivity index (χ0) is 12.7. The summed E-state index contributed by atoms with van der Waals surface area (Å²) in [5, 5.41) is 6.66. The molecule has 3 rings (SSSR count). The van der Waals surface area contributed by atoms with E-state index in [-0.39, 0.29) is 5.82 Å². The van der Waals surface area contributed by atoms with Gasteiger partial charge in [-0.1, -0.05) is 6.07 Å². The monoisotopic (exact) mass is 245 g/mol. The van der Waals surface area contributed by atoms with Crippen LogP contribution >= 0.6 is 0 Å². The maximum atomic E-state index is 13.7. The molecule has 92 valence electrons. The molecule has 1 aromatic carbocycles. The van der Waals surface area contributed by atoms with Crippen LogP contribution in [0.1, 0.15) is 6.92 Å². The number of H-pyrrole nitrogens is 1. The number of nitrogens with two attached hydrogens (primary N) is 1. The third-order valence-electron chi connectivity index (χ3n) is 2.88. The van der Waals surface area contributed by atoms with E-state index in [0.717, 1.165) is 5.52 Å². The van der Waals surface area contributed by atoms with E-state index >= 15 is 0 Å². The second-order valence-corrected chi connectivity index (χ2v) is 3.99. The number of hydrogen-bond acceptors (Lipinski definition) is 3. The molecule has 0 aliphatic heterocycles. The van der Waals surface area contributed by atoms with E-state index in [2.05, 4.69) is 15.2 Å². The number of aryl methyl sites for hydroxylation is 1. The van der Waals surface area contributed by atoms with E-state index in [1.807, 2.05) is 17.6 Å². The second kappa shape index (κ2) is 3.83. The van der Waals surface area contributed by atoms with Crippen LogP contribution in [0.5, 0.6) is 0 Å². The van der Waals surface area contributed by atoms with Gasteiger partial charge in [-0.15, -0.1) is 0 Å². The van der Waals surface area contributed by atoms with Gasteiger partial charge in [0.25, 0.3) is 0 Å². The van der Waals surface area contributed by atoms with E-state index < -0.39 is 0 Å². The third-order valence-corrected chi connectivity index (χ3v) is 2.88. The van der Waals surface area contributed by atoms with Crippen molar-refractivity contribution >= 4 is 16.9 Å². The number of rotatable bonds is 2. The first-order valence-corrected chi connectivity index (χ1v) is 5.66. The molecule has 0 fully saturated rings. The van der Waals surface area contributed by atoms with Gasteiger partial charge in [0.05, 0.1) is 5.52 Å². The quantitative estimate of drug-likeness (QED) is 0.726. The Balaban J connectivity index is 2.32. The maximum absolute atomic E-state index is 13.7. The van der Waals surface area contributed by atoms with Crippen LogP contribution in [0, 0.1) is 5.82 Å². The molecule has 0 saturated carbocycles. The number of nitrogens with zero attached hydrogens (tertiary/aromatic N) is 3. The number of nitrogen functional groups attached to an aromatic ring is 1. The minimum absolute atomic E-state index is 0.326. The number of aromatic amines is 1. The van der Waals surface area contributed by atoms with Crippen molar-refractivity contribution in [3.8, 4) is 11.5 Å². The minimum Gasteiger partial charge on any atom is -0.382 e. The van der Waals surface area contributed by atoms with Crippen LogP contribution in [-0.2, 0) is 6.54 Å². The lowest BCUT2D eigenvalue weighted by molar-refractivity contribution is 0.637. The minimum atomic E-state index is -0.326. The first kappa shape index (κ1) is 10.8. The highest BCUT2D eigenvalue weighted by molar-refractivity contribution is 5.80. The Labute approximate surface area is 102 Å². The fraction of sp³-hybridized carbons (Fsp3) is 0.167. The third kappa shape index (κ3) is 1.46. The van der Waals surface area contributed by atoms with Crippen LogP contribution in [0.3, 0.4) is 0 Å².